The van der Waals surface area contributed by atoms with Crippen molar-refractivity contribution in [1.29, 1.82) is 0 Å². The van der Waals surface area contributed by atoms with Crippen molar-refractivity contribution < 1.29 is 17.9 Å². The number of hydrogen-bond acceptors (Lipinski definition) is 2. The predicted octanol–water partition coefficient (Wildman–Crippen LogP) is 4.60. The van der Waals surface area contributed by atoms with Crippen LogP contribution in [0.25, 0.3) is 0 Å². The van der Waals surface area contributed by atoms with Gasteiger partial charge in [-0.25, -0.2) is 4.39 Å². The summed E-state index contributed by atoms with van der Waals surface area (Å²) in [6, 6.07) is 12.3. The molecule has 0 aliphatic rings. The van der Waals surface area contributed by atoms with Crippen molar-refractivity contribution in [2.24, 2.45) is 0 Å². The molecule has 0 spiro atoms. The first-order valence-corrected chi connectivity index (χ1v) is 6.12. The third-order valence-corrected chi connectivity index (χ3v) is 2.85. The number of benzene rings is 2. The predicted molar refractivity (Wildman–Crippen MR) is 71.5 cm³/mol. The van der Waals surface area contributed by atoms with Gasteiger partial charge in [-0.3, -0.25) is 0 Å². The Morgan fingerprint density at radius 3 is 2.30 bits per heavy atom. The maximum atomic E-state index is 12.9. The molecule has 0 radical (unpaired) electrons. The topological polar surface area (TPSA) is 21.3 Å². The number of para-hydroxylation sites is 2. The summed E-state index contributed by atoms with van der Waals surface area (Å²) in [7, 11) is 0. The lowest BCUT2D eigenvalue weighted by Gasteiger charge is -2.18. The molecule has 1 N–H and O–H groups in total. The highest BCUT2D eigenvalue weighted by Gasteiger charge is 2.12. The Balaban J connectivity index is 2.15. The Hall–Kier alpha value is -2.17. The zero-order valence-electron chi connectivity index (χ0n) is 10.8. The highest BCUT2D eigenvalue weighted by Crippen LogP contribution is 2.29. The van der Waals surface area contributed by atoms with E-state index in [9.17, 15) is 13.2 Å². The van der Waals surface area contributed by atoms with Gasteiger partial charge in [0.1, 0.15) is 11.6 Å². The van der Waals surface area contributed by atoms with Gasteiger partial charge in [0.05, 0.1) is 5.69 Å². The molecule has 0 saturated heterocycles. The molecule has 0 fully saturated rings. The van der Waals surface area contributed by atoms with Crippen LogP contribution in [0.15, 0.2) is 48.5 Å². The summed E-state index contributed by atoms with van der Waals surface area (Å²) >= 11 is 0. The van der Waals surface area contributed by atoms with Gasteiger partial charge < -0.3 is 10.1 Å². The molecule has 1 unspecified atom stereocenters. The van der Waals surface area contributed by atoms with E-state index in [0.717, 1.165) is 5.56 Å². The van der Waals surface area contributed by atoms with Crippen LogP contribution in [0, 0.1) is 5.82 Å². The first-order valence-electron chi connectivity index (χ1n) is 6.12. The van der Waals surface area contributed by atoms with Crippen LogP contribution < -0.4 is 10.1 Å². The highest BCUT2D eigenvalue weighted by atomic mass is 19.3. The second-order valence-electron chi connectivity index (χ2n) is 4.29. The van der Waals surface area contributed by atoms with E-state index in [1.165, 1.54) is 18.2 Å². The largest absolute Gasteiger partial charge is 0.433 e. The van der Waals surface area contributed by atoms with Crippen molar-refractivity contribution in [2.45, 2.75) is 19.6 Å². The minimum Gasteiger partial charge on any atom is -0.433 e. The van der Waals surface area contributed by atoms with Crippen LogP contribution >= 0.6 is 0 Å². The lowest BCUT2D eigenvalue weighted by Crippen LogP contribution is -2.10. The zero-order chi connectivity index (χ0) is 14.5. The van der Waals surface area contributed by atoms with E-state index in [1.807, 2.05) is 6.92 Å². The molecule has 0 heterocycles. The van der Waals surface area contributed by atoms with Crippen molar-refractivity contribution in [1.82, 2.24) is 0 Å². The monoisotopic (exact) mass is 281 g/mol. The van der Waals surface area contributed by atoms with Crippen LogP contribution in [0.1, 0.15) is 18.5 Å². The Bertz CT molecular complexity index is 557. The molecular weight excluding hydrogens is 267 g/mol. The fourth-order valence-corrected chi connectivity index (χ4v) is 1.85. The summed E-state index contributed by atoms with van der Waals surface area (Å²) in [6.07, 6.45) is 0. The number of hydrogen-bond donors (Lipinski definition) is 1. The molecular formula is C15H14F3NO. The smallest absolute Gasteiger partial charge is 0.387 e. The summed E-state index contributed by atoms with van der Waals surface area (Å²) < 4.78 is 41.9. The van der Waals surface area contributed by atoms with E-state index in [0.29, 0.717) is 5.69 Å². The minimum atomic E-state index is -2.88. The van der Waals surface area contributed by atoms with Gasteiger partial charge in [0.2, 0.25) is 0 Å². The molecule has 0 aliphatic carbocycles. The van der Waals surface area contributed by atoms with Gasteiger partial charge in [0, 0.05) is 6.04 Å². The standard InChI is InChI=1S/C15H14F3NO/c1-10(11-6-8-12(16)9-7-11)19-13-4-2-3-5-14(13)20-15(17)18/h2-10,15,19H,1H3. The first kappa shape index (κ1) is 14.2. The Morgan fingerprint density at radius 2 is 1.65 bits per heavy atom. The van der Waals surface area contributed by atoms with E-state index < -0.39 is 6.61 Å². The van der Waals surface area contributed by atoms with Gasteiger partial charge in [0.25, 0.3) is 0 Å². The van der Waals surface area contributed by atoms with Crippen molar-refractivity contribution in [2.75, 3.05) is 5.32 Å². The molecule has 2 rings (SSSR count). The maximum Gasteiger partial charge on any atom is 0.387 e. The quantitative estimate of drug-likeness (QED) is 0.864. The van der Waals surface area contributed by atoms with Crippen LogP contribution in [-0.4, -0.2) is 6.61 Å². The third kappa shape index (κ3) is 3.66. The lowest BCUT2D eigenvalue weighted by atomic mass is 10.1. The summed E-state index contributed by atoms with van der Waals surface area (Å²) in [5, 5.41) is 3.07. The fraction of sp³-hybridized carbons (Fsp3) is 0.200. The number of halogens is 3. The van der Waals surface area contributed by atoms with Gasteiger partial charge in [-0.1, -0.05) is 24.3 Å². The summed E-state index contributed by atoms with van der Waals surface area (Å²) in [4.78, 5) is 0. The normalized spacial score (nSPS) is 12.2. The van der Waals surface area contributed by atoms with Crippen molar-refractivity contribution in [3.63, 3.8) is 0 Å². The number of ether oxygens (including phenoxy) is 1. The van der Waals surface area contributed by atoms with Gasteiger partial charge in [-0.15, -0.1) is 0 Å². The Labute approximate surface area is 115 Å². The van der Waals surface area contributed by atoms with Gasteiger partial charge >= 0.3 is 6.61 Å². The average Bonchev–Trinajstić information content (AvgIpc) is 2.41. The third-order valence-electron chi connectivity index (χ3n) is 2.85. The van der Waals surface area contributed by atoms with Crippen molar-refractivity contribution in [3.8, 4) is 5.75 Å². The highest BCUT2D eigenvalue weighted by molar-refractivity contribution is 5.57. The molecule has 0 saturated carbocycles. The minimum absolute atomic E-state index is 0.0801. The van der Waals surface area contributed by atoms with Gasteiger partial charge in [-0.2, -0.15) is 8.78 Å². The molecule has 0 aromatic heterocycles. The summed E-state index contributed by atoms with van der Waals surface area (Å²) in [5.41, 5.74) is 1.31. The summed E-state index contributed by atoms with van der Waals surface area (Å²) in [6.45, 7) is -1.02. The molecule has 106 valence electrons. The molecule has 2 nitrogen and oxygen atoms in total. The second kappa shape index (κ2) is 6.32. The van der Waals surface area contributed by atoms with Crippen LogP contribution in [-0.2, 0) is 0 Å². The Morgan fingerprint density at radius 1 is 1.00 bits per heavy atom. The zero-order valence-corrected chi connectivity index (χ0v) is 10.8. The Kier molecular flexibility index (Phi) is 4.50. The number of alkyl halides is 2. The fourth-order valence-electron chi connectivity index (χ4n) is 1.85. The number of rotatable bonds is 5. The first-order chi connectivity index (χ1) is 9.56. The lowest BCUT2D eigenvalue weighted by molar-refractivity contribution is -0.0493. The molecule has 0 bridgehead atoms. The molecule has 5 heteroatoms. The van der Waals surface area contributed by atoms with Crippen molar-refractivity contribution in [3.05, 3.63) is 59.9 Å². The number of nitrogens with one attached hydrogen (secondary N) is 1. The van der Waals surface area contributed by atoms with E-state index in [1.54, 1.807) is 30.3 Å². The SMILES string of the molecule is CC(Nc1ccccc1OC(F)F)c1ccc(F)cc1. The van der Waals surface area contributed by atoms with Crippen molar-refractivity contribution >= 4 is 5.69 Å². The summed E-state index contributed by atoms with van der Waals surface area (Å²) in [5.74, 6) is -0.237. The molecule has 0 amide bonds. The van der Waals surface area contributed by atoms with E-state index in [2.05, 4.69) is 10.1 Å². The molecule has 1 atom stereocenters. The molecule has 0 aliphatic heterocycles. The maximum absolute atomic E-state index is 12.9. The van der Waals surface area contributed by atoms with Crippen LogP contribution in [0.2, 0.25) is 0 Å². The van der Waals surface area contributed by atoms with Crippen LogP contribution in [0.4, 0.5) is 18.9 Å². The molecule has 2 aromatic carbocycles. The van der Waals surface area contributed by atoms with Gasteiger partial charge in [-0.05, 0) is 36.8 Å². The number of anilines is 1. The second-order valence-corrected chi connectivity index (χ2v) is 4.29. The van der Waals surface area contributed by atoms with E-state index >= 15 is 0 Å². The molecule has 20 heavy (non-hydrogen) atoms. The van der Waals surface area contributed by atoms with Crippen LogP contribution in [0.5, 0.6) is 5.75 Å². The van der Waals surface area contributed by atoms with E-state index in [-0.39, 0.29) is 17.6 Å². The van der Waals surface area contributed by atoms with Gasteiger partial charge in [0.15, 0.2) is 0 Å². The molecule has 2 aromatic rings. The van der Waals surface area contributed by atoms with Crippen LogP contribution in [0.3, 0.4) is 0 Å². The van der Waals surface area contributed by atoms with E-state index in [4.69, 9.17) is 0 Å². The average molecular weight is 281 g/mol.